The van der Waals surface area contributed by atoms with Gasteiger partial charge in [0.15, 0.2) is 0 Å². The lowest BCUT2D eigenvalue weighted by Gasteiger charge is -2.46. The Bertz CT molecular complexity index is 1270. The van der Waals surface area contributed by atoms with Gasteiger partial charge < -0.3 is 19.7 Å². The average Bonchev–Trinajstić information content (AvgIpc) is 3.21. The van der Waals surface area contributed by atoms with Gasteiger partial charge in [-0.05, 0) is 145 Å². The zero-order valence-corrected chi connectivity index (χ0v) is 34.7. The van der Waals surface area contributed by atoms with Crippen LogP contribution in [0.5, 0.6) is 0 Å². The van der Waals surface area contributed by atoms with Crippen LogP contribution in [0.25, 0.3) is 0 Å². The van der Waals surface area contributed by atoms with Crippen LogP contribution in [0.4, 0.5) is 0 Å². The van der Waals surface area contributed by atoms with Gasteiger partial charge in [-0.1, -0.05) is 70.6 Å². The van der Waals surface area contributed by atoms with E-state index in [1.165, 1.54) is 77.7 Å². The Morgan fingerprint density at radius 1 is 0.554 bits per heavy atom. The van der Waals surface area contributed by atoms with Crippen molar-refractivity contribution in [1.29, 1.82) is 0 Å². The second-order valence-electron chi connectivity index (χ2n) is 19.6. The molecule has 6 aliphatic carbocycles. The Morgan fingerprint density at radius 2 is 1.05 bits per heavy atom. The summed E-state index contributed by atoms with van der Waals surface area (Å²) in [6.45, 7) is 2.36. The minimum absolute atomic E-state index is 0.0342. The summed E-state index contributed by atoms with van der Waals surface area (Å²) in [7, 11) is 1.47. The molecule has 6 aliphatic rings. The van der Waals surface area contributed by atoms with E-state index in [2.05, 4.69) is 6.92 Å². The molecule has 0 radical (unpaired) electrons. The summed E-state index contributed by atoms with van der Waals surface area (Å²) in [5.74, 6) is -1.26. The minimum Gasteiger partial charge on any atom is -0.481 e. The lowest BCUT2D eigenvalue weighted by atomic mass is 9.59. The Morgan fingerprint density at radius 3 is 1.57 bits per heavy atom. The molecule has 0 heterocycles. The molecule has 0 amide bonds. The molecule has 7 unspecified atom stereocenters. The maximum atomic E-state index is 13.5. The van der Waals surface area contributed by atoms with Crippen LogP contribution >= 0.6 is 0 Å². The highest BCUT2D eigenvalue weighted by atomic mass is 17.2. The lowest BCUT2D eigenvalue weighted by Crippen LogP contribution is -2.47. The summed E-state index contributed by atoms with van der Waals surface area (Å²) in [4.78, 5) is 63.3. The molecule has 7 atom stereocenters. The highest BCUT2D eigenvalue weighted by molar-refractivity contribution is 5.81. The molecule has 0 bridgehead atoms. The SMILES string of the molecule is COC(=O)C(C)(C1CCC(OOCC2CCC(CC3CCCCC3)CC2C(=O)O)CC1)C1CCC(OC(=O)C2CCC(CC3CCCCC3)CC2C(=O)O)CC1. The van der Waals surface area contributed by atoms with Crippen molar-refractivity contribution in [2.45, 2.75) is 186 Å². The van der Waals surface area contributed by atoms with Crippen molar-refractivity contribution in [3.63, 3.8) is 0 Å². The molecule has 0 spiro atoms. The number of hydrogen-bond donors (Lipinski definition) is 2. The van der Waals surface area contributed by atoms with Gasteiger partial charge >= 0.3 is 23.9 Å². The topological polar surface area (TPSA) is 146 Å². The summed E-state index contributed by atoms with van der Waals surface area (Å²) >= 11 is 0. The summed E-state index contributed by atoms with van der Waals surface area (Å²) < 4.78 is 11.5. The second-order valence-corrected chi connectivity index (χ2v) is 19.6. The van der Waals surface area contributed by atoms with Crippen LogP contribution in [0.1, 0.15) is 174 Å². The average molecular weight is 787 g/mol. The van der Waals surface area contributed by atoms with Gasteiger partial charge in [0.1, 0.15) is 6.10 Å². The van der Waals surface area contributed by atoms with Crippen molar-refractivity contribution in [1.82, 2.24) is 0 Å². The van der Waals surface area contributed by atoms with Gasteiger partial charge in [-0.3, -0.25) is 19.2 Å². The number of carbonyl (C=O) groups excluding carboxylic acids is 2. The Kier molecular flexibility index (Phi) is 16.0. The van der Waals surface area contributed by atoms with Crippen LogP contribution in [0, 0.1) is 64.6 Å². The van der Waals surface area contributed by atoms with Gasteiger partial charge in [-0.15, -0.1) is 0 Å². The van der Waals surface area contributed by atoms with Gasteiger partial charge in [0.25, 0.3) is 0 Å². The Balaban J connectivity index is 0.931. The smallest absolute Gasteiger partial charge is 0.312 e. The van der Waals surface area contributed by atoms with Crippen LogP contribution in [0.2, 0.25) is 0 Å². The molecule has 6 fully saturated rings. The fourth-order valence-corrected chi connectivity index (χ4v) is 12.8. The first-order chi connectivity index (χ1) is 27.0. The molecular weight excluding hydrogens is 712 g/mol. The number of aliphatic carboxylic acids is 2. The van der Waals surface area contributed by atoms with Crippen molar-refractivity contribution in [2.75, 3.05) is 13.7 Å². The third-order valence-electron chi connectivity index (χ3n) is 16.2. The molecule has 2 N–H and O–H groups in total. The standard InChI is InChI=1S/C46H74O10/c1-46(45(52)53-2,35-16-20-37(21-17-35)55-44(51)39-24-14-33(28-41(39)43(49)50)26-31-11-7-4-8-12-31)36-18-22-38(23-19-36)56-54-29-34-15-13-32(27-40(34)42(47)48)25-30-9-5-3-6-10-30/h30-41H,3-29H2,1-2H3,(H,47,48)(H,49,50). The summed E-state index contributed by atoms with van der Waals surface area (Å²) in [6, 6.07) is 0. The van der Waals surface area contributed by atoms with E-state index in [0.29, 0.717) is 50.0 Å². The van der Waals surface area contributed by atoms with E-state index >= 15 is 0 Å². The molecular formula is C46H74O10. The fourth-order valence-electron chi connectivity index (χ4n) is 12.8. The van der Waals surface area contributed by atoms with E-state index in [4.69, 9.17) is 19.2 Å². The van der Waals surface area contributed by atoms with Crippen molar-refractivity contribution in [2.24, 2.45) is 64.6 Å². The van der Waals surface area contributed by atoms with E-state index in [0.717, 1.165) is 76.5 Å². The normalized spacial score (nSPS) is 36.2. The summed E-state index contributed by atoms with van der Waals surface area (Å²) in [5.41, 5.74) is -0.675. The van der Waals surface area contributed by atoms with Crippen LogP contribution in [0.3, 0.4) is 0 Å². The third-order valence-corrected chi connectivity index (χ3v) is 16.2. The number of methoxy groups -OCH3 is 1. The largest absolute Gasteiger partial charge is 0.481 e. The van der Waals surface area contributed by atoms with Gasteiger partial charge in [0.2, 0.25) is 0 Å². The van der Waals surface area contributed by atoms with Gasteiger partial charge in [-0.25, -0.2) is 9.78 Å². The molecule has 0 saturated heterocycles. The maximum Gasteiger partial charge on any atom is 0.312 e. The molecule has 6 saturated carbocycles. The molecule has 0 aromatic rings. The molecule has 318 valence electrons. The number of rotatable bonds is 15. The van der Waals surface area contributed by atoms with Gasteiger partial charge in [0.05, 0.1) is 43.0 Å². The van der Waals surface area contributed by atoms with Crippen LogP contribution < -0.4 is 0 Å². The highest BCUT2D eigenvalue weighted by Gasteiger charge is 2.51. The van der Waals surface area contributed by atoms with E-state index in [1.54, 1.807) is 0 Å². The van der Waals surface area contributed by atoms with Crippen LogP contribution in [0.15, 0.2) is 0 Å². The summed E-state index contributed by atoms with van der Waals surface area (Å²) in [5, 5.41) is 20.2. The van der Waals surface area contributed by atoms with Crippen molar-refractivity contribution < 1.29 is 48.6 Å². The van der Waals surface area contributed by atoms with E-state index in [9.17, 15) is 29.4 Å². The van der Waals surface area contributed by atoms with Crippen molar-refractivity contribution in [3.8, 4) is 0 Å². The zero-order valence-electron chi connectivity index (χ0n) is 34.7. The first-order valence-corrected chi connectivity index (χ1v) is 23.1. The first kappa shape index (κ1) is 43.4. The van der Waals surface area contributed by atoms with Crippen molar-refractivity contribution >= 4 is 23.9 Å². The second kappa shape index (κ2) is 20.7. The van der Waals surface area contributed by atoms with Crippen LogP contribution in [-0.2, 0) is 38.4 Å². The molecule has 6 rings (SSSR count). The number of hydrogen-bond acceptors (Lipinski definition) is 8. The predicted molar refractivity (Wildman–Crippen MR) is 211 cm³/mol. The Hall–Kier alpha value is -2.20. The third kappa shape index (κ3) is 11.1. The van der Waals surface area contributed by atoms with Crippen LogP contribution in [-0.4, -0.2) is 60.0 Å². The lowest BCUT2D eigenvalue weighted by molar-refractivity contribution is -0.338. The number of carbonyl (C=O) groups is 4. The van der Waals surface area contributed by atoms with E-state index in [-0.39, 0.29) is 47.8 Å². The van der Waals surface area contributed by atoms with Gasteiger partial charge in [0, 0.05) is 0 Å². The first-order valence-electron chi connectivity index (χ1n) is 23.1. The van der Waals surface area contributed by atoms with E-state index in [1.807, 2.05) is 0 Å². The number of ether oxygens (including phenoxy) is 2. The number of carboxylic acids is 2. The Labute approximate surface area is 336 Å². The van der Waals surface area contributed by atoms with E-state index < -0.39 is 29.2 Å². The highest BCUT2D eigenvalue weighted by Crippen LogP contribution is 2.51. The molecule has 0 aliphatic heterocycles. The number of esters is 2. The molecule has 0 aromatic carbocycles. The number of carboxylic acid groups (broad SMARTS) is 2. The fraction of sp³-hybridized carbons (Fsp3) is 0.913. The predicted octanol–water partition coefficient (Wildman–Crippen LogP) is 9.95. The molecule has 10 heteroatoms. The van der Waals surface area contributed by atoms with Crippen molar-refractivity contribution in [3.05, 3.63) is 0 Å². The zero-order chi connectivity index (χ0) is 39.7. The summed E-state index contributed by atoms with van der Waals surface area (Å²) in [6.07, 6.45) is 25.5. The monoisotopic (exact) mass is 787 g/mol. The molecule has 10 nitrogen and oxygen atoms in total. The molecule has 56 heavy (non-hydrogen) atoms. The quantitative estimate of drug-likeness (QED) is 0.0935. The maximum absolute atomic E-state index is 13.5. The minimum atomic E-state index is -0.876. The van der Waals surface area contributed by atoms with Gasteiger partial charge in [-0.2, -0.15) is 0 Å². The molecule has 0 aromatic heterocycles.